The number of para-hydroxylation sites is 1. The Morgan fingerprint density at radius 1 is 1.11 bits per heavy atom. The van der Waals surface area contributed by atoms with Crippen LogP contribution in [0.1, 0.15) is 25.1 Å². The number of nitrogen functional groups attached to an aromatic ring is 1. The van der Waals surface area contributed by atoms with Crippen molar-refractivity contribution in [1.82, 2.24) is 19.7 Å². The van der Waals surface area contributed by atoms with Crippen molar-refractivity contribution in [3.63, 3.8) is 0 Å². The molecule has 4 rings (SSSR count). The van der Waals surface area contributed by atoms with Crippen LogP contribution in [0.25, 0.3) is 26.6 Å². The normalized spacial score (nSPS) is 11.6. The highest BCUT2D eigenvalue weighted by Crippen LogP contribution is 2.42. The number of nitrogens with zero attached hydrogens (tertiary/aromatic N) is 4. The maximum absolute atomic E-state index is 6.56. The van der Waals surface area contributed by atoms with E-state index in [2.05, 4.69) is 58.7 Å². The second kappa shape index (κ2) is 6.98. The number of fused-ring (bicyclic) bond motifs is 1. The molecule has 0 saturated carbocycles. The Kier molecular flexibility index (Phi) is 4.65. The molecule has 5 nitrogen and oxygen atoms in total. The number of aromatic nitrogens is 4. The van der Waals surface area contributed by atoms with Gasteiger partial charge >= 0.3 is 0 Å². The van der Waals surface area contributed by atoms with Gasteiger partial charge in [0, 0.05) is 22.0 Å². The summed E-state index contributed by atoms with van der Waals surface area (Å²) in [4.78, 5) is 6.54. The largest absolute Gasteiger partial charge is 0.397 e. The monoisotopic (exact) mass is 395 g/mol. The van der Waals surface area contributed by atoms with E-state index < -0.39 is 0 Å². The lowest BCUT2D eigenvalue weighted by molar-refractivity contribution is 0.880. The molecule has 0 saturated heterocycles. The van der Waals surface area contributed by atoms with Crippen molar-refractivity contribution in [2.45, 2.75) is 38.1 Å². The van der Waals surface area contributed by atoms with Crippen LogP contribution in [-0.4, -0.2) is 25.0 Å². The van der Waals surface area contributed by atoms with Crippen LogP contribution in [0.3, 0.4) is 0 Å². The van der Waals surface area contributed by atoms with Gasteiger partial charge in [0.2, 0.25) is 0 Å². The third-order valence-corrected chi connectivity index (χ3v) is 6.26. The molecule has 4 aromatic rings. The van der Waals surface area contributed by atoms with Crippen molar-refractivity contribution in [2.24, 2.45) is 0 Å². The van der Waals surface area contributed by atoms with Gasteiger partial charge in [-0.2, -0.15) is 0 Å². The average molecular weight is 396 g/mol. The zero-order chi connectivity index (χ0) is 19.1. The quantitative estimate of drug-likeness (QED) is 0.478. The highest BCUT2D eigenvalue weighted by molar-refractivity contribution is 7.99. The number of benzene rings is 1. The molecular formula is C20H21N5S2. The topological polar surface area (TPSA) is 69.6 Å². The third kappa shape index (κ3) is 3.21. The number of anilines is 1. The maximum atomic E-state index is 6.56. The van der Waals surface area contributed by atoms with Crippen molar-refractivity contribution >= 4 is 39.0 Å². The van der Waals surface area contributed by atoms with E-state index >= 15 is 0 Å². The molecular weight excluding hydrogens is 374 g/mol. The lowest BCUT2D eigenvalue weighted by atomic mass is 10.1. The first kappa shape index (κ1) is 18.0. The van der Waals surface area contributed by atoms with Crippen molar-refractivity contribution in [2.75, 3.05) is 5.73 Å². The van der Waals surface area contributed by atoms with Gasteiger partial charge in [0.05, 0.1) is 10.6 Å². The minimum Gasteiger partial charge on any atom is -0.397 e. The van der Waals surface area contributed by atoms with Gasteiger partial charge in [0.25, 0.3) is 0 Å². The van der Waals surface area contributed by atoms with Crippen LogP contribution in [-0.2, 0) is 0 Å². The van der Waals surface area contributed by atoms with E-state index in [0.717, 1.165) is 48.7 Å². The zero-order valence-electron chi connectivity index (χ0n) is 15.7. The summed E-state index contributed by atoms with van der Waals surface area (Å²) >= 11 is 3.27. The first-order valence-corrected chi connectivity index (χ1v) is 10.5. The number of pyridine rings is 1. The Bertz CT molecular complexity index is 1110. The lowest BCUT2D eigenvalue weighted by Gasteiger charge is -2.11. The molecule has 0 bridgehead atoms. The van der Waals surface area contributed by atoms with E-state index in [-0.39, 0.29) is 0 Å². The summed E-state index contributed by atoms with van der Waals surface area (Å²) in [5.74, 6) is 0.766. The van der Waals surface area contributed by atoms with Gasteiger partial charge in [-0.25, -0.2) is 4.98 Å². The van der Waals surface area contributed by atoms with Gasteiger partial charge in [-0.15, -0.1) is 21.5 Å². The van der Waals surface area contributed by atoms with E-state index in [1.165, 1.54) is 0 Å². The van der Waals surface area contributed by atoms with Crippen molar-refractivity contribution in [3.8, 4) is 16.4 Å². The fourth-order valence-electron chi connectivity index (χ4n) is 3.15. The van der Waals surface area contributed by atoms with Crippen LogP contribution < -0.4 is 5.73 Å². The predicted molar refractivity (Wildman–Crippen MR) is 115 cm³/mol. The number of nitrogens with two attached hydrogens (primary N) is 1. The summed E-state index contributed by atoms with van der Waals surface area (Å²) in [5.41, 5.74) is 10.4. The van der Waals surface area contributed by atoms with Crippen LogP contribution in [0.2, 0.25) is 0 Å². The molecule has 1 aromatic carbocycles. The summed E-state index contributed by atoms with van der Waals surface area (Å²) in [5, 5.41) is 11.3. The number of thiophene rings is 1. The van der Waals surface area contributed by atoms with Crippen molar-refractivity contribution < 1.29 is 0 Å². The third-order valence-electron chi connectivity index (χ3n) is 4.22. The van der Waals surface area contributed by atoms with Crippen LogP contribution in [0.5, 0.6) is 0 Å². The van der Waals surface area contributed by atoms with Gasteiger partial charge in [-0.05, 0) is 37.6 Å². The highest BCUT2D eigenvalue weighted by atomic mass is 32.2. The number of thioether (sulfide) groups is 1. The summed E-state index contributed by atoms with van der Waals surface area (Å²) in [6.07, 6.45) is 0. The SMILES string of the molecule is Cc1cc(C)c2c(N)c(-c3nnc(SC(C)C)n3-c3ccccc3)sc2n1. The van der Waals surface area contributed by atoms with Gasteiger partial charge < -0.3 is 5.73 Å². The molecule has 138 valence electrons. The standard InChI is InChI=1S/C20H21N5S2/c1-11(2)26-20-24-23-18(25(20)14-8-6-5-7-9-14)17-16(21)15-12(3)10-13(4)22-19(15)27-17/h5-11H,21H2,1-4H3. The Morgan fingerprint density at radius 2 is 1.85 bits per heavy atom. The molecule has 0 radical (unpaired) electrons. The fourth-order valence-corrected chi connectivity index (χ4v) is 5.15. The number of hydrogen-bond acceptors (Lipinski definition) is 6. The molecule has 0 amide bonds. The molecule has 0 spiro atoms. The second-order valence-corrected chi connectivity index (χ2v) is 9.29. The first-order chi connectivity index (χ1) is 13.0. The van der Waals surface area contributed by atoms with Gasteiger partial charge in [-0.3, -0.25) is 4.57 Å². The number of hydrogen-bond donors (Lipinski definition) is 1. The van der Waals surface area contributed by atoms with E-state index in [1.54, 1.807) is 23.1 Å². The molecule has 3 aromatic heterocycles. The Balaban J connectivity index is 1.97. The molecule has 27 heavy (non-hydrogen) atoms. The molecule has 0 atom stereocenters. The van der Waals surface area contributed by atoms with Crippen molar-refractivity contribution in [1.29, 1.82) is 0 Å². The molecule has 7 heteroatoms. The van der Waals surface area contributed by atoms with E-state index in [9.17, 15) is 0 Å². The Hall–Kier alpha value is -2.38. The van der Waals surface area contributed by atoms with Gasteiger partial charge in [0.1, 0.15) is 4.83 Å². The van der Waals surface area contributed by atoms with Crippen molar-refractivity contribution in [3.05, 3.63) is 47.7 Å². The van der Waals surface area contributed by atoms with E-state index in [1.807, 2.05) is 25.1 Å². The maximum Gasteiger partial charge on any atom is 0.196 e. The number of aryl methyl sites for hydroxylation is 2. The van der Waals surface area contributed by atoms with Gasteiger partial charge in [-0.1, -0.05) is 43.8 Å². The smallest absolute Gasteiger partial charge is 0.196 e. The Morgan fingerprint density at radius 3 is 2.56 bits per heavy atom. The first-order valence-electron chi connectivity index (χ1n) is 8.79. The molecule has 0 aliphatic carbocycles. The summed E-state index contributed by atoms with van der Waals surface area (Å²) < 4.78 is 2.09. The second-order valence-electron chi connectivity index (χ2n) is 6.75. The van der Waals surface area contributed by atoms with Crippen LogP contribution in [0.4, 0.5) is 5.69 Å². The number of rotatable bonds is 4. The predicted octanol–water partition coefficient (Wildman–Crippen LogP) is 5.24. The molecule has 0 aliphatic heterocycles. The summed E-state index contributed by atoms with van der Waals surface area (Å²) in [6, 6.07) is 12.2. The van der Waals surface area contributed by atoms with E-state index in [0.29, 0.717) is 5.25 Å². The minimum atomic E-state index is 0.399. The molecule has 0 fully saturated rings. The summed E-state index contributed by atoms with van der Waals surface area (Å²) in [7, 11) is 0. The molecule has 0 aliphatic rings. The fraction of sp³-hybridized carbons (Fsp3) is 0.250. The minimum absolute atomic E-state index is 0.399. The zero-order valence-corrected chi connectivity index (χ0v) is 17.4. The van der Waals surface area contributed by atoms with E-state index in [4.69, 9.17) is 5.73 Å². The van der Waals surface area contributed by atoms with Crippen LogP contribution >= 0.6 is 23.1 Å². The molecule has 3 heterocycles. The van der Waals surface area contributed by atoms with Crippen LogP contribution in [0.15, 0.2) is 41.6 Å². The molecule has 2 N–H and O–H groups in total. The highest BCUT2D eigenvalue weighted by Gasteiger charge is 2.23. The summed E-state index contributed by atoms with van der Waals surface area (Å²) in [6.45, 7) is 8.38. The van der Waals surface area contributed by atoms with Gasteiger partial charge in [0.15, 0.2) is 11.0 Å². The lowest BCUT2D eigenvalue weighted by Crippen LogP contribution is -2.01. The molecule has 0 unspecified atom stereocenters. The Labute approximate surface area is 166 Å². The average Bonchev–Trinajstić information content (AvgIpc) is 3.16. The van der Waals surface area contributed by atoms with Crippen LogP contribution in [0, 0.1) is 13.8 Å².